The predicted molar refractivity (Wildman–Crippen MR) is 99.3 cm³/mol. The van der Waals surface area contributed by atoms with Gasteiger partial charge in [-0.2, -0.15) is 5.10 Å². The molecule has 2 aromatic rings. The first-order valence-corrected chi connectivity index (χ1v) is 8.83. The molecule has 2 heterocycles. The number of carbonyl (C=O) groups is 1. The Hall–Kier alpha value is -2.50. The molecule has 3 rings (SSSR count). The second kappa shape index (κ2) is 7.17. The third-order valence-electron chi connectivity index (χ3n) is 4.40. The molecule has 0 bridgehead atoms. The number of nitrogens with zero attached hydrogens (tertiary/aromatic N) is 2. The standard InChI is InChI=1S/C19H26N4O2/c1-12(2)15-7-6-13(3)10-17(15)25-14(4)19(24)22-16-11-21-23-9-5-8-20-18(16)23/h6-7,10-12,14,20H,5,8-9H2,1-4H3,(H,22,24). The van der Waals surface area contributed by atoms with E-state index in [2.05, 4.69) is 41.7 Å². The fourth-order valence-corrected chi connectivity index (χ4v) is 2.97. The van der Waals surface area contributed by atoms with Crippen molar-refractivity contribution >= 4 is 17.4 Å². The first kappa shape index (κ1) is 17.3. The molecular formula is C19H26N4O2. The highest BCUT2D eigenvalue weighted by Crippen LogP contribution is 2.29. The molecule has 1 aliphatic heterocycles. The highest BCUT2D eigenvalue weighted by atomic mass is 16.5. The van der Waals surface area contributed by atoms with Gasteiger partial charge < -0.3 is 15.4 Å². The summed E-state index contributed by atoms with van der Waals surface area (Å²) in [5.74, 6) is 1.79. The first-order valence-electron chi connectivity index (χ1n) is 8.83. The van der Waals surface area contributed by atoms with Gasteiger partial charge in [0.05, 0.1) is 6.20 Å². The lowest BCUT2D eigenvalue weighted by Crippen LogP contribution is -2.31. The van der Waals surface area contributed by atoms with Crippen LogP contribution < -0.4 is 15.4 Å². The Balaban J connectivity index is 1.71. The lowest BCUT2D eigenvalue weighted by atomic mass is 10.0. The summed E-state index contributed by atoms with van der Waals surface area (Å²) in [5, 5.41) is 10.5. The van der Waals surface area contributed by atoms with Crippen LogP contribution in [0, 0.1) is 6.92 Å². The topological polar surface area (TPSA) is 68.2 Å². The number of fused-ring (bicyclic) bond motifs is 1. The number of benzene rings is 1. The molecule has 0 spiro atoms. The predicted octanol–water partition coefficient (Wildman–Crippen LogP) is 3.54. The van der Waals surface area contributed by atoms with Gasteiger partial charge in [0, 0.05) is 13.1 Å². The molecule has 0 saturated carbocycles. The van der Waals surface area contributed by atoms with Crippen molar-refractivity contribution in [3.8, 4) is 5.75 Å². The second-order valence-corrected chi connectivity index (χ2v) is 6.86. The Morgan fingerprint density at radius 3 is 2.92 bits per heavy atom. The van der Waals surface area contributed by atoms with E-state index in [9.17, 15) is 4.79 Å². The van der Waals surface area contributed by atoms with Crippen molar-refractivity contribution in [3.05, 3.63) is 35.5 Å². The van der Waals surface area contributed by atoms with Crippen molar-refractivity contribution in [2.45, 2.75) is 52.7 Å². The van der Waals surface area contributed by atoms with Crippen molar-refractivity contribution in [2.75, 3.05) is 17.2 Å². The van der Waals surface area contributed by atoms with Crippen LogP contribution in [0.2, 0.25) is 0 Å². The average Bonchev–Trinajstić information content (AvgIpc) is 2.97. The number of aryl methyl sites for hydroxylation is 2. The lowest BCUT2D eigenvalue weighted by Gasteiger charge is -2.20. The molecule has 0 fully saturated rings. The van der Waals surface area contributed by atoms with Crippen molar-refractivity contribution in [2.24, 2.45) is 0 Å². The zero-order valence-corrected chi connectivity index (χ0v) is 15.3. The Morgan fingerprint density at radius 1 is 1.36 bits per heavy atom. The molecule has 0 aliphatic carbocycles. The van der Waals surface area contributed by atoms with E-state index in [0.29, 0.717) is 11.6 Å². The fraction of sp³-hybridized carbons (Fsp3) is 0.474. The molecule has 25 heavy (non-hydrogen) atoms. The van der Waals surface area contributed by atoms with Crippen molar-refractivity contribution < 1.29 is 9.53 Å². The minimum absolute atomic E-state index is 0.181. The number of carbonyl (C=O) groups excluding carboxylic acids is 1. The number of aromatic nitrogens is 2. The van der Waals surface area contributed by atoms with Crippen LogP contribution >= 0.6 is 0 Å². The number of nitrogens with one attached hydrogen (secondary N) is 2. The van der Waals surface area contributed by atoms with E-state index in [1.54, 1.807) is 13.1 Å². The number of rotatable bonds is 5. The molecule has 2 N–H and O–H groups in total. The zero-order chi connectivity index (χ0) is 18.0. The molecule has 6 nitrogen and oxygen atoms in total. The molecule has 0 radical (unpaired) electrons. The van der Waals surface area contributed by atoms with E-state index in [1.165, 1.54) is 0 Å². The van der Waals surface area contributed by atoms with E-state index in [0.717, 1.165) is 42.2 Å². The normalized spacial score (nSPS) is 14.6. The summed E-state index contributed by atoms with van der Waals surface area (Å²) in [6, 6.07) is 6.12. The summed E-state index contributed by atoms with van der Waals surface area (Å²) in [6.07, 6.45) is 2.12. The molecule has 1 aromatic carbocycles. The monoisotopic (exact) mass is 342 g/mol. The van der Waals surface area contributed by atoms with Crippen LogP contribution in [-0.4, -0.2) is 28.3 Å². The number of ether oxygens (including phenoxy) is 1. The van der Waals surface area contributed by atoms with E-state index in [4.69, 9.17) is 4.74 Å². The minimum Gasteiger partial charge on any atom is -0.481 e. The molecule has 1 amide bonds. The number of amides is 1. The van der Waals surface area contributed by atoms with E-state index in [1.807, 2.05) is 17.7 Å². The Bertz CT molecular complexity index is 767. The maximum absolute atomic E-state index is 12.6. The van der Waals surface area contributed by atoms with Gasteiger partial charge in [-0.1, -0.05) is 26.0 Å². The molecule has 0 saturated heterocycles. The molecule has 1 aromatic heterocycles. The van der Waals surface area contributed by atoms with E-state index in [-0.39, 0.29) is 5.91 Å². The molecular weight excluding hydrogens is 316 g/mol. The molecule has 1 unspecified atom stereocenters. The van der Waals surface area contributed by atoms with Crippen LogP contribution in [0.5, 0.6) is 5.75 Å². The summed E-state index contributed by atoms with van der Waals surface area (Å²) < 4.78 is 7.86. The van der Waals surface area contributed by atoms with Gasteiger partial charge >= 0.3 is 0 Å². The van der Waals surface area contributed by atoms with Crippen LogP contribution in [0.4, 0.5) is 11.5 Å². The molecule has 6 heteroatoms. The summed E-state index contributed by atoms with van der Waals surface area (Å²) in [4.78, 5) is 12.6. The highest BCUT2D eigenvalue weighted by Gasteiger charge is 2.21. The average molecular weight is 342 g/mol. The van der Waals surface area contributed by atoms with Gasteiger partial charge in [0.15, 0.2) is 6.10 Å². The number of hydrogen-bond acceptors (Lipinski definition) is 4. The fourth-order valence-electron chi connectivity index (χ4n) is 2.97. The molecule has 134 valence electrons. The summed E-state index contributed by atoms with van der Waals surface area (Å²) >= 11 is 0. The summed E-state index contributed by atoms with van der Waals surface area (Å²) in [5.41, 5.74) is 2.92. The van der Waals surface area contributed by atoms with Gasteiger partial charge in [-0.3, -0.25) is 4.79 Å². The van der Waals surface area contributed by atoms with Gasteiger partial charge in [-0.05, 0) is 43.4 Å². The van der Waals surface area contributed by atoms with Crippen LogP contribution in [-0.2, 0) is 11.3 Å². The molecule has 1 aliphatic rings. The number of hydrogen-bond donors (Lipinski definition) is 2. The third-order valence-corrected chi connectivity index (χ3v) is 4.40. The maximum atomic E-state index is 12.6. The van der Waals surface area contributed by atoms with Crippen LogP contribution in [0.25, 0.3) is 0 Å². The summed E-state index contributed by atoms with van der Waals surface area (Å²) in [6.45, 7) is 9.78. The van der Waals surface area contributed by atoms with Crippen molar-refractivity contribution in [1.82, 2.24) is 9.78 Å². The van der Waals surface area contributed by atoms with Gasteiger partial charge in [-0.15, -0.1) is 0 Å². The van der Waals surface area contributed by atoms with Gasteiger partial charge in [0.2, 0.25) is 0 Å². The quantitative estimate of drug-likeness (QED) is 0.872. The van der Waals surface area contributed by atoms with Crippen molar-refractivity contribution in [3.63, 3.8) is 0 Å². The Kier molecular flexibility index (Phi) is 4.97. The second-order valence-electron chi connectivity index (χ2n) is 6.86. The van der Waals surface area contributed by atoms with Crippen LogP contribution in [0.15, 0.2) is 24.4 Å². The Morgan fingerprint density at radius 2 is 2.16 bits per heavy atom. The van der Waals surface area contributed by atoms with Gasteiger partial charge in [0.1, 0.15) is 17.3 Å². The lowest BCUT2D eigenvalue weighted by molar-refractivity contribution is -0.122. The largest absolute Gasteiger partial charge is 0.481 e. The first-order chi connectivity index (χ1) is 12.0. The number of anilines is 2. The Labute approximate surface area is 148 Å². The van der Waals surface area contributed by atoms with Crippen LogP contribution in [0.3, 0.4) is 0 Å². The minimum atomic E-state index is -0.599. The smallest absolute Gasteiger partial charge is 0.265 e. The zero-order valence-electron chi connectivity index (χ0n) is 15.3. The third kappa shape index (κ3) is 3.78. The highest BCUT2D eigenvalue weighted by molar-refractivity contribution is 5.96. The van der Waals surface area contributed by atoms with E-state index < -0.39 is 6.10 Å². The van der Waals surface area contributed by atoms with Gasteiger partial charge in [-0.25, -0.2) is 4.68 Å². The van der Waals surface area contributed by atoms with Crippen molar-refractivity contribution in [1.29, 1.82) is 0 Å². The van der Waals surface area contributed by atoms with Crippen LogP contribution in [0.1, 0.15) is 44.2 Å². The van der Waals surface area contributed by atoms with Gasteiger partial charge in [0.25, 0.3) is 5.91 Å². The van der Waals surface area contributed by atoms with E-state index >= 15 is 0 Å². The summed E-state index contributed by atoms with van der Waals surface area (Å²) in [7, 11) is 0. The SMILES string of the molecule is Cc1ccc(C(C)C)c(OC(C)C(=O)Nc2cnn3c2NCCC3)c1. The molecule has 1 atom stereocenters. The maximum Gasteiger partial charge on any atom is 0.265 e.